The smallest absolute Gasteiger partial charge is 0.246 e. The molecule has 0 aromatic carbocycles. The van der Waals surface area contributed by atoms with Gasteiger partial charge in [0.1, 0.15) is 6.61 Å². The minimum atomic E-state index is -0.0462. The molecule has 22 heavy (non-hydrogen) atoms. The second-order valence-electron chi connectivity index (χ2n) is 8.16. The molecule has 0 unspecified atom stereocenters. The predicted octanol–water partition coefficient (Wildman–Crippen LogP) is 2.92. The van der Waals surface area contributed by atoms with Gasteiger partial charge in [0.25, 0.3) is 0 Å². The highest BCUT2D eigenvalue weighted by Crippen LogP contribution is 2.35. The molecule has 1 aliphatic rings. The van der Waals surface area contributed by atoms with Crippen molar-refractivity contribution in [2.75, 3.05) is 27.2 Å². The quantitative estimate of drug-likeness (QED) is 0.786. The Labute approximate surface area is 137 Å². The first-order valence-corrected chi connectivity index (χ1v) is 8.69. The molecule has 1 aliphatic carbocycles. The van der Waals surface area contributed by atoms with Crippen LogP contribution in [0.1, 0.15) is 53.9 Å². The van der Waals surface area contributed by atoms with Gasteiger partial charge >= 0.3 is 0 Å². The summed E-state index contributed by atoms with van der Waals surface area (Å²) in [4.78, 5) is 14.2. The van der Waals surface area contributed by atoms with Gasteiger partial charge < -0.3 is 15.0 Å². The standard InChI is InChI=1S/C18H36N2O2/c1-13(2)15-9-8-14(3)10-16(15)22-11-17(21)19-12-18(4,5)20(6)7/h13-16H,8-12H2,1-7H3,(H,19,21)/t14-,15+,16-/m1/s1. The van der Waals surface area contributed by atoms with E-state index in [2.05, 4.69) is 44.8 Å². The van der Waals surface area contributed by atoms with E-state index in [1.807, 2.05) is 14.1 Å². The second-order valence-corrected chi connectivity index (χ2v) is 8.16. The summed E-state index contributed by atoms with van der Waals surface area (Å²) in [5.41, 5.74) is -0.0462. The van der Waals surface area contributed by atoms with Crippen molar-refractivity contribution in [3.63, 3.8) is 0 Å². The van der Waals surface area contributed by atoms with Crippen LogP contribution < -0.4 is 5.32 Å². The minimum absolute atomic E-state index is 0.00402. The Bertz CT molecular complexity index is 353. The third-order valence-electron chi connectivity index (χ3n) is 5.32. The Morgan fingerprint density at radius 1 is 1.32 bits per heavy atom. The number of rotatable bonds is 7. The van der Waals surface area contributed by atoms with Crippen molar-refractivity contribution in [1.29, 1.82) is 0 Å². The van der Waals surface area contributed by atoms with Crippen LogP contribution in [-0.2, 0) is 9.53 Å². The van der Waals surface area contributed by atoms with Gasteiger partial charge in [0.15, 0.2) is 0 Å². The molecular weight excluding hydrogens is 276 g/mol. The number of amides is 1. The van der Waals surface area contributed by atoms with Crippen LogP contribution in [-0.4, -0.2) is 49.7 Å². The summed E-state index contributed by atoms with van der Waals surface area (Å²) in [6.45, 7) is 11.9. The minimum Gasteiger partial charge on any atom is -0.368 e. The van der Waals surface area contributed by atoms with Crippen molar-refractivity contribution in [3.05, 3.63) is 0 Å². The molecule has 1 rings (SSSR count). The van der Waals surface area contributed by atoms with Crippen LogP contribution in [0.2, 0.25) is 0 Å². The zero-order chi connectivity index (χ0) is 16.9. The molecule has 0 bridgehead atoms. The van der Waals surface area contributed by atoms with Crippen molar-refractivity contribution >= 4 is 5.91 Å². The highest BCUT2D eigenvalue weighted by molar-refractivity contribution is 5.77. The van der Waals surface area contributed by atoms with E-state index in [4.69, 9.17) is 4.74 Å². The third-order valence-corrected chi connectivity index (χ3v) is 5.32. The molecule has 4 heteroatoms. The van der Waals surface area contributed by atoms with E-state index in [0.29, 0.717) is 24.3 Å². The van der Waals surface area contributed by atoms with Gasteiger partial charge in [-0.05, 0) is 58.5 Å². The molecule has 3 atom stereocenters. The van der Waals surface area contributed by atoms with E-state index in [-0.39, 0.29) is 24.2 Å². The lowest BCUT2D eigenvalue weighted by molar-refractivity contribution is -0.131. The van der Waals surface area contributed by atoms with E-state index < -0.39 is 0 Å². The Morgan fingerprint density at radius 3 is 2.50 bits per heavy atom. The lowest BCUT2D eigenvalue weighted by Crippen LogP contribution is -2.49. The zero-order valence-corrected chi connectivity index (χ0v) is 15.6. The second kappa shape index (κ2) is 8.30. The van der Waals surface area contributed by atoms with Crippen molar-refractivity contribution in [2.24, 2.45) is 17.8 Å². The molecule has 0 spiro atoms. The lowest BCUT2D eigenvalue weighted by Gasteiger charge is -2.37. The molecule has 1 N–H and O–H groups in total. The maximum atomic E-state index is 12.1. The summed E-state index contributed by atoms with van der Waals surface area (Å²) in [5.74, 6) is 1.90. The van der Waals surface area contributed by atoms with E-state index in [9.17, 15) is 4.79 Å². The highest BCUT2D eigenvalue weighted by Gasteiger charge is 2.31. The molecule has 0 aliphatic heterocycles. The van der Waals surface area contributed by atoms with Gasteiger partial charge in [-0.1, -0.05) is 27.2 Å². The van der Waals surface area contributed by atoms with E-state index in [1.165, 1.54) is 12.8 Å². The third kappa shape index (κ3) is 5.88. The molecule has 130 valence electrons. The molecule has 1 amide bonds. The first kappa shape index (κ1) is 19.4. The van der Waals surface area contributed by atoms with Crippen LogP contribution >= 0.6 is 0 Å². The first-order chi connectivity index (χ1) is 10.1. The van der Waals surface area contributed by atoms with E-state index in [0.717, 1.165) is 6.42 Å². The topological polar surface area (TPSA) is 41.6 Å². The SMILES string of the molecule is CC(C)[C@@H]1CC[C@@H](C)C[C@H]1OCC(=O)NCC(C)(C)N(C)C. The van der Waals surface area contributed by atoms with Gasteiger partial charge in [0.2, 0.25) is 5.91 Å². The first-order valence-electron chi connectivity index (χ1n) is 8.69. The molecule has 1 saturated carbocycles. The molecule has 0 saturated heterocycles. The number of hydrogen-bond acceptors (Lipinski definition) is 3. The van der Waals surface area contributed by atoms with E-state index in [1.54, 1.807) is 0 Å². The fraction of sp³-hybridized carbons (Fsp3) is 0.944. The monoisotopic (exact) mass is 312 g/mol. The number of likely N-dealkylation sites (N-methyl/N-ethyl adjacent to an activating group) is 1. The van der Waals surface area contributed by atoms with Crippen LogP contribution in [0.25, 0.3) is 0 Å². The number of hydrogen-bond donors (Lipinski definition) is 1. The van der Waals surface area contributed by atoms with Crippen LogP contribution in [0.3, 0.4) is 0 Å². The summed E-state index contributed by atoms with van der Waals surface area (Å²) < 4.78 is 5.99. The Morgan fingerprint density at radius 2 is 1.95 bits per heavy atom. The normalized spacial score (nSPS) is 26.5. The molecular formula is C18H36N2O2. The molecule has 0 aromatic heterocycles. The van der Waals surface area contributed by atoms with Gasteiger partial charge in [-0.25, -0.2) is 0 Å². The largest absolute Gasteiger partial charge is 0.368 e. The fourth-order valence-electron chi connectivity index (χ4n) is 3.01. The Kier molecular flexibility index (Phi) is 7.33. The van der Waals surface area contributed by atoms with Crippen LogP contribution in [0.5, 0.6) is 0 Å². The van der Waals surface area contributed by atoms with Crippen molar-refractivity contribution in [1.82, 2.24) is 10.2 Å². The van der Waals surface area contributed by atoms with Gasteiger partial charge in [-0.2, -0.15) is 0 Å². The summed E-state index contributed by atoms with van der Waals surface area (Å²) >= 11 is 0. The van der Waals surface area contributed by atoms with Gasteiger partial charge in [0.05, 0.1) is 6.10 Å². The van der Waals surface area contributed by atoms with Crippen molar-refractivity contribution < 1.29 is 9.53 Å². The Balaban J connectivity index is 2.41. The Hall–Kier alpha value is -0.610. The molecule has 0 radical (unpaired) electrons. The molecule has 4 nitrogen and oxygen atoms in total. The van der Waals surface area contributed by atoms with Crippen LogP contribution in [0.4, 0.5) is 0 Å². The van der Waals surface area contributed by atoms with Crippen molar-refractivity contribution in [2.45, 2.75) is 65.5 Å². The van der Waals surface area contributed by atoms with Crippen LogP contribution in [0, 0.1) is 17.8 Å². The zero-order valence-electron chi connectivity index (χ0n) is 15.6. The summed E-state index contributed by atoms with van der Waals surface area (Å²) in [6, 6.07) is 0. The van der Waals surface area contributed by atoms with E-state index >= 15 is 0 Å². The number of carbonyl (C=O) groups is 1. The van der Waals surface area contributed by atoms with Crippen molar-refractivity contribution in [3.8, 4) is 0 Å². The average Bonchev–Trinajstić information content (AvgIpc) is 2.42. The van der Waals surface area contributed by atoms with Gasteiger partial charge in [-0.15, -0.1) is 0 Å². The molecule has 0 heterocycles. The number of carbonyl (C=O) groups excluding carboxylic acids is 1. The molecule has 1 fully saturated rings. The number of ether oxygens (including phenoxy) is 1. The van der Waals surface area contributed by atoms with Gasteiger partial charge in [0, 0.05) is 12.1 Å². The van der Waals surface area contributed by atoms with Crippen LogP contribution in [0.15, 0.2) is 0 Å². The number of nitrogens with zero attached hydrogens (tertiary/aromatic N) is 1. The summed E-state index contributed by atoms with van der Waals surface area (Å²) in [6.07, 6.45) is 3.82. The summed E-state index contributed by atoms with van der Waals surface area (Å²) in [7, 11) is 4.05. The maximum Gasteiger partial charge on any atom is 0.246 e. The number of nitrogens with one attached hydrogen (secondary N) is 1. The highest BCUT2D eigenvalue weighted by atomic mass is 16.5. The summed E-state index contributed by atoms with van der Waals surface area (Å²) in [5, 5.41) is 2.99. The molecule has 0 aromatic rings. The average molecular weight is 312 g/mol. The van der Waals surface area contributed by atoms with Gasteiger partial charge in [-0.3, -0.25) is 4.79 Å². The predicted molar refractivity (Wildman–Crippen MR) is 91.9 cm³/mol. The maximum absolute atomic E-state index is 12.1. The lowest BCUT2D eigenvalue weighted by atomic mass is 9.75. The fourth-order valence-corrected chi connectivity index (χ4v) is 3.01.